The normalized spacial score (nSPS) is 18.8. The number of carbonyl (C=O) groups excluding carboxylic acids is 1. The highest BCUT2D eigenvalue weighted by atomic mass is 32.3. The van der Waals surface area contributed by atoms with Crippen molar-refractivity contribution in [2.45, 2.75) is 391 Å². The van der Waals surface area contributed by atoms with Crippen LogP contribution in [-0.2, 0) is 28.9 Å². The lowest BCUT2D eigenvalue weighted by Gasteiger charge is -2.41. The summed E-state index contributed by atoms with van der Waals surface area (Å²) in [5, 5.41) is 45.2. The standard InChI is InChI=1S/C64H127NO11S/c1-3-5-7-9-11-13-15-17-19-21-22-23-24-25-26-27-28-29-30-31-32-33-34-35-36-38-40-42-44-46-48-50-52-54-60(68)65-57(56-74-64-62(70)63(76-77(71,72)73)61(69)59(55-66)75-64)58(67)53-51-49-47-45-43-41-39-37-20-18-16-14-12-10-8-6-4-2/h57-59,61-64,66-67,69-70H,3-56H2,1-2H3,(H,65,68)(H,71,72,73). The number of carbonyl (C=O) groups is 1. The summed E-state index contributed by atoms with van der Waals surface area (Å²) in [6.07, 6.45) is 57.1. The summed E-state index contributed by atoms with van der Waals surface area (Å²) < 4.78 is 48.0. The minimum absolute atomic E-state index is 0.220. The van der Waals surface area contributed by atoms with Crippen molar-refractivity contribution in [1.82, 2.24) is 5.32 Å². The molecule has 6 N–H and O–H groups in total. The highest BCUT2D eigenvalue weighted by Gasteiger charge is 2.48. The Labute approximate surface area is 475 Å². The Balaban J connectivity index is 2.19. The van der Waals surface area contributed by atoms with Crippen molar-refractivity contribution in [2.75, 3.05) is 13.2 Å². The van der Waals surface area contributed by atoms with Crippen LogP contribution in [0.4, 0.5) is 0 Å². The first kappa shape index (κ1) is 74.1. The summed E-state index contributed by atoms with van der Waals surface area (Å²) in [6, 6.07) is -0.854. The van der Waals surface area contributed by atoms with Crippen LogP contribution in [0.25, 0.3) is 0 Å². The SMILES string of the molecule is CCCCCCCCCCCCCCCCCCCCCCCCCCCCCCCCCCCC(=O)NC(COC1OC(CO)C(O)C(OS(=O)(=O)O)C1O)C(O)CCCCCCCCCCCCCCCCCCC. The number of amides is 1. The van der Waals surface area contributed by atoms with Crippen LogP contribution in [0.1, 0.15) is 348 Å². The minimum atomic E-state index is -5.08. The van der Waals surface area contributed by atoms with Crippen LogP contribution in [0.2, 0.25) is 0 Å². The van der Waals surface area contributed by atoms with Gasteiger partial charge in [0.25, 0.3) is 0 Å². The zero-order chi connectivity index (χ0) is 56.1. The van der Waals surface area contributed by atoms with Crippen molar-refractivity contribution in [3.05, 3.63) is 0 Å². The van der Waals surface area contributed by atoms with Gasteiger partial charge in [0.2, 0.25) is 5.91 Å². The van der Waals surface area contributed by atoms with Crippen molar-refractivity contribution < 1.29 is 51.8 Å². The average molecular weight is 1120 g/mol. The van der Waals surface area contributed by atoms with Gasteiger partial charge in [-0.25, -0.2) is 4.18 Å². The Kier molecular flexibility index (Phi) is 52.3. The fourth-order valence-corrected chi connectivity index (χ4v) is 11.8. The number of unbranched alkanes of at least 4 members (excludes halogenated alkanes) is 48. The molecule has 1 aliphatic heterocycles. The third kappa shape index (κ3) is 46.3. The highest BCUT2D eigenvalue weighted by molar-refractivity contribution is 7.80. The van der Waals surface area contributed by atoms with Gasteiger partial charge in [-0.3, -0.25) is 9.35 Å². The van der Waals surface area contributed by atoms with E-state index in [2.05, 4.69) is 23.3 Å². The summed E-state index contributed by atoms with van der Waals surface area (Å²) in [6.45, 7) is 3.52. The van der Waals surface area contributed by atoms with Gasteiger partial charge in [0.15, 0.2) is 6.29 Å². The Morgan fingerprint density at radius 3 is 1.04 bits per heavy atom. The zero-order valence-electron chi connectivity index (χ0n) is 50.3. The van der Waals surface area contributed by atoms with E-state index in [0.29, 0.717) is 12.8 Å². The first-order valence-corrected chi connectivity index (χ1v) is 34.8. The maximum Gasteiger partial charge on any atom is 0.397 e. The van der Waals surface area contributed by atoms with Crippen molar-refractivity contribution in [3.8, 4) is 0 Å². The van der Waals surface area contributed by atoms with Gasteiger partial charge in [0.05, 0.1) is 25.4 Å². The maximum atomic E-state index is 13.2. The Bertz CT molecular complexity index is 1360. The molecule has 7 atom stereocenters. The van der Waals surface area contributed by atoms with E-state index < -0.39 is 59.9 Å². The smallest absolute Gasteiger partial charge is 0.394 e. The van der Waals surface area contributed by atoms with E-state index in [1.807, 2.05) is 0 Å². The molecular formula is C64H127NO11S. The molecule has 1 aliphatic rings. The van der Waals surface area contributed by atoms with Gasteiger partial charge in [-0.1, -0.05) is 328 Å². The number of aliphatic hydroxyl groups excluding tert-OH is 4. The zero-order valence-corrected chi connectivity index (χ0v) is 51.1. The predicted octanol–water partition coefficient (Wildman–Crippen LogP) is 16.8. The van der Waals surface area contributed by atoms with Crippen molar-refractivity contribution in [2.24, 2.45) is 0 Å². The second-order valence-electron chi connectivity index (χ2n) is 23.8. The molecule has 7 unspecified atom stereocenters. The molecule has 1 heterocycles. The number of nitrogens with one attached hydrogen (secondary N) is 1. The van der Waals surface area contributed by atoms with Gasteiger partial charge in [-0.2, -0.15) is 8.42 Å². The van der Waals surface area contributed by atoms with Crippen LogP contribution in [0.15, 0.2) is 0 Å². The molecule has 77 heavy (non-hydrogen) atoms. The van der Waals surface area contributed by atoms with Crippen LogP contribution in [-0.4, -0.2) is 95.4 Å². The highest BCUT2D eigenvalue weighted by Crippen LogP contribution is 2.27. The second kappa shape index (κ2) is 54.4. The summed E-state index contributed by atoms with van der Waals surface area (Å²) in [7, 11) is -5.08. The number of aliphatic hydroxyl groups is 4. The Hall–Kier alpha value is -0.900. The molecule has 0 aliphatic carbocycles. The number of hydrogen-bond acceptors (Lipinski definition) is 10. The topological polar surface area (TPSA) is 192 Å². The van der Waals surface area contributed by atoms with Gasteiger partial charge < -0.3 is 35.2 Å². The molecule has 0 bridgehead atoms. The molecule has 13 heteroatoms. The van der Waals surface area contributed by atoms with Gasteiger partial charge in [-0.15, -0.1) is 0 Å². The van der Waals surface area contributed by atoms with Gasteiger partial charge in [0.1, 0.15) is 24.4 Å². The monoisotopic (exact) mass is 1120 g/mol. The summed E-state index contributed by atoms with van der Waals surface area (Å²) in [4.78, 5) is 13.2. The van der Waals surface area contributed by atoms with Crippen molar-refractivity contribution in [1.29, 1.82) is 0 Å². The lowest BCUT2D eigenvalue weighted by Crippen LogP contribution is -2.61. The van der Waals surface area contributed by atoms with E-state index in [9.17, 15) is 38.2 Å². The molecule has 0 radical (unpaired) electrons. The van der Waals surface area contributed by atoms with Gasteiger partial charge in [0, 0.05) is 6.42 Å². The molecule has 1 saturated heterocycles. The Morgan fingerprint density at radius 1 is 0.468 bits per heavy atom. The van der Waals surface area contributed by atoms with E-state index in [4.69, 9.17) is 9.47 Å². The van der Waals surface area contributed by atoms with Crippen LogP contribution in [0.3, 0.4) is 0 Å². The molecule has 460 valence electrons. The fourth-order valence-electron chi connectivity index (χ4n) is 11.3. The summed E-state index contributed by atoms with van der Waals surface area (Å²) in [5.74, 6) is -0.220. The van der Waals surface area contributed by atoms with Crippen LogP contribution in [0.5, 0.6) is 0 Å². The third-order valence-electron chi connectivity index (χ3n) is 16.4. The van der Waals surface area contributed by atoms with Gasteiger partial charge in [-0.05, 0) is 12.8 Å². The molecule has 0 spiro atoms. The first-order valence-electron chi connectivity index (χ1n) is 33.4. The number of ether oxygens (including phenoxy) is 2. The first-order chi connectivity index (χ1) is 37.5. The van der Waals surface area contributed by atoms with Crippen LogP contribution in [0, 0.1) is 0 Å². The number of rotatable bonds is 60. The van der Waals surface area contributed by atoms with Gasteiger partial charge >= 0.3 is 10.4 Å². The average Bonchev–Trinajstić information content (AvgIpc) is 3.41. The minimum Gasteiger partial charge on any atom is -0.394 e. The maximum absolute atomic E-state index is 13.2. The summed E-state index contributed by atoms with van der Waals surface area (Å²) >= 11 is 0. The van der Waals surface area contributed by atoms with E-state index in [1.54, 1.807) is 0 Å². The Morgan fingerprint density at radius 2 is 0.753 bits per heavy atom. The second-order valence-corrected chi connectivity index (χ2v) is 24.8. The molecule has 0 aromatic carbocycles. The van der Waals surface area contributed by atoms with E-state index in [0.717, 1.165) is 51.4 Å². The van der Waals surface area contributed by atoms with E-state index >= 15 is 0 Å². The van der Waals surface area contributed by atoms with Crippen LogP contribution >= 0.6 is 0 Å². The van der Waals surface area contributed by atoms with Crippen molar-refractivity contribution >= 4 is 16.3 Å². The van der Waals surface area contributed by atoms with Crippen LogP contribution < -0.4 is 5.32 Å². The number of hydrogen-bond donors (Lipinski definition) is 6. The summed E-state index contributed by atoms with van der Waals surface area (Å²) in [5.41, 5.74) is 0. The molecular weight excluding hydrogens is 991 g/mol. The molecule has 0 aromatic rings. The fraction of sp³-hybridized carbons (Fsp3) is 0.984. The lowest BCUT2D eigenvalue weighted by molar-refractivity contribution is -0.298. The third-order valence-corrected chi connectivity index (χ3v) is 16.9. The molecule has 0 aromatic heterocycles. The van der Waals surface area contributed by atoms with Crippen molar-refractivity contribution in [3.63, 3.8) is 0 Å². The molecule has 12 nitrogen and oxygen atoms in total. The quantitative estimate of drug-likeness (QED) is 0.0251. The largest absolute Gasteiger partial charge is 0.397 e. The molecule has 1 fully saturated rings. The van der Waals surface area contributed by atoms with E-state index in [1.165, 1.54) is 270 Å². The molecule has 1 amide bonds. The van der Waals surface area contributed by atoms with E-state index in [-0.39, 0.29) is 12.5 Å². The molecule has 0 saturated carbocycles. The predicted molar refractivity (Wildman–Crippen MR) is 320 cm³/mol. The molecule has 1 rings (SSSR count). The lowest BCUT2D eigenvalue weighted by atomic mass is 9.99.